The van der Waals surface area contributed by atoms with Gasteiger partial charge in [-0.25, -0.2) is 0 Å². The minimum absolute atomic E-state index is 0.163. The zero-order valence-electron chi connectivity index (χ0n) is 9.51. The first-order valence-corrected chi connectivity index (χ1v) is 5.43. The molecular weight excluding hydrogens is 204 g/mol. The molecule has 1 fully saturated rings. The minimum Gasteiger partial charge on any atom is -0.330 e. The Kier molecular flexibility index (Phi) is 2.46. The van der Waals surface area contributed by atoms with Crippen LogP contribution in [0.5, 0.6) is 0 Å². The van der Waals surface area contributed by atoms with Gasteiger partial charge in [0, 0.05) is 12.1 Å². The van der Waals surface area contributed by atoms with Crippen LogP contribution in [0.1, 0.15) is 25.3 Å². The molecule has 2 atom stereocenters. The predicted octanol–water partition coefficient (Wildman–Crippen LogP) is 2.29. The topological polar surface area (TPSA) is 69.2 Å². The molecule has 0 heterocycles. The lowest BCUT2D eigenvalue weighted by atomic mass is 10.0. The summed E-state index contributed by atoms with van der Waals surface area (Å²) in [4.78, 5) is 10.3. The Bertz CT molecular complexity index is 429. The SMILES string of the molecule is CC1(C)[C@H](CN)[C@H]1c1cccc([N+](=O)[O-])c1. The third kappa shape index (κ3) is 1.59. The molecule has 86 valence electrons. The maximum Gasteiger partial charge on any atom is 0.269 e. The van der Waals surface area contributed by atoms with Crippen LogP contribution in [-0.2, 0) is 0 Å². The van der Waals surface area contributed by atoms with Gasteiger partial charge in [0.15, 0.2) is 0 Å². The lowest BCUT2D eigenvalue weighted by Crippen LogP contribution is -2.05. The van der Waals surface area contributed by atoms with Crippen LogP contribution in [-0.4, -0.2) is 11.5 Å². The molecule has 2 rings (SSSR count). The second-order valence-corrected chi connectivity index (χ2v) is 4.99. The number of nitrogens with zero attached hydrogens (tertiary/aromatic N) is 1. The maximum atomic E-state index is 10.7. The average molecular weight is 220 g/mol. The highest BCUT2D eigenvalue weighted by atomic mass is 16.6. The van der Waals surface area contributed by atoms with Crippen LogP contribution in [0.4, 0.5) is 5.69 Å². The molecule has 0 saturated heterocycles. The molecule has 1 aliphatic carbocycles. The first kappa shape index (κ1) is 11.1. The maximum absolute atomic E-state index is 10.7. The van der Waals surface area contributed by atoms with Crippen LogP contribution in [0.15, 0.2) is 24.3 Å². The molecule has 0 aliphatic heterocycles. The average Bonchev–Trinajstić information content (AvgIpc) is 2.80. The van der Waals surface area contributed by atoms with E-state index in [4.69, 9.17) is 5.73 Å². The molecule has 4 heteroatoms. The monoisotopic (exact) mass is 220 g/mol. The number of hydrogen-bond acceptors (Lipinski definition) is 3. The van der Waals surface area contributed by atoms with Gasteiger partial charge in [-0.3, -0.25) is 10.1 Å². The van der Waals surface area contributed by atoms with Crippen molar-refractivity contribution in [2.75, 3.05) is 6.54 Å². The van der Waals surface area contributed by atoms with Gasteiger partial charge in [-0.15, -0.1) is 0 Å². The van der Waals surface area contributed by atoms with Gasteiger partial charge in [0.25, 0.3) is 5.69 Å². The number of nitro benzene ring substituents is 1. The summed E-state index contributed by atoms with van der Waals surface area (Å²) in [5.74, 6) is 0.798. The Labute approximate surface area is 94.6 Å². The summed E-state index contributed by atoms with van der Waals surface area (Å²) in [6, 6.07) is 6.89. The lowest BCUT2D eigenvalue weighted by Gasteiger charge is -2.02. The zero-order valence-corrected chi connectivity index (χ0v) is 9.51. The largest absolute Gasteiger partial charge is 0.330 e. The van der Waals surface area contributed by atoms with Crippen molar-refractivity contribution in [2.24, 2.45) is 17.1 Å². The fraction of sp³-hybridized carbons (Fsp3) is 0.500. The lowest BCUT2D eigenvalue weighted by molar-refractivity contribution is -0.384. The van der Waals surface area contributed by atoms with Crippen molar-refractivity contribution in [3.8, 4) is 0 Å². The van der Waals surface area contributed by atoms with E-state index in [1.807, 2.05) is 6.07 Å². The van der Waals surface area contributed by atoms with Crippen LogP contribution in [0.2, 0.25) is 0 Å². The number of nitro groups is 1. The number of non-ortho nitro benzene ring substituents is 1. The second kappa shape index (κ2) is 3.56. The van der Waals surface area contributed by atoms with E-state index in [1.165, 1.54) is 6.07 Å². The number of benzene rings is 1. The molecule has 1 aromatic carbocycles. The fourth-order valence-electron chi connectivity index (χ4n) is 2.68. The highest BCUT2D eigenvalue weighted by molar-refractivity contribution is 5.40. The third-order valence-corrected chi connectivity index (χ3v) is 3.74. The molecule has 2 N–H and O–H groups in total. The van der Waals surface area contributed by atoms with Crippen molar-refractivity contribution in [2.45, 2.75) is 19.8 Å². The molecule has 0 spiro atoms. The van der Waals surface area contributed by atoms with Gasteiger partial charge in [0.2, 0.25) is 0 Å². The van der Waals surface area contributed by atoms with E-state index in [9.17, 15) is 10.1 Å². The van der Waals surface area contributed by atoms with Crippen molar-refractivity contribution < 1.29 is 4.92 Å². The summed E-state index contributed by atoms with van der Waals surface area (Å²) in [5.41, 5.74) is 7.07. The van der Waals surface area contributed by atoms with Crippen molar-refractivity contribution in [3.63, 3.8) is 0 Å². The Morgan fingerprint density at radius 1 is 1.50 bits per heavy atom. The molecule has 0 aromatic heterocycles. The Hall–Kier alpha value is -1.42. The first-order valence-electron chi connectivity index (χ1n) is 5.43. The smallest absolute Gasteiger partial charge is 0.269 e. The van der Waals surface area contributed by atoms with Crippen LogP contribution < -0.4 is 5.73 Å². The summed E-state index contributed by atoms with van der Waals surface area (Å²) < 4.78 is 0. The summed E-state index contributed by atoms with van der Waals surface area (Å²) in [5, 5.41) is 10.7. The quantitative estimate of drug-likeness (QED) is 0.627. The first-order chi connectivity index (χ1) is 7.48. The van der Waals surface area contributed by atoms with E-state index < -0.39 is 0 Å². The summed E-state index contributed by atoms with van der Waals surface area (Å²) in [6.07, 6.45) is 0. The Morgan fingerprint density at radius 2 is 2.19 bits per heavy atom. The van der Waals surface area contributed by atoms with Crippen molar-refractivity contribution in [1.82, 2.24) is 0 Å². The number of hydrogen-bond donors (Lipinski definition) is 1. The summed E-state index contributed by atoms with van der Waals surface area (Å²) in [6.45, 7) is 4.96. The standard InChI is InChI=1S/C12H16N2O2/c1-12(2)10(7-13)11(12)8-4-3-5-9(6-8)14(15)16/h3-6,10-11H,7,13H2,1-2H3/t10-,11-/m1/s1. The molecule has 16 heavy (non-hydrogen) atoms. The number of nitrogens with two attached hydrogens (primary N) is 1. The van der Waals surface area contributed by atoms with Gasteiger partial charge >= 0.3 is 0 Å². The van der Waals surface area contributed by atoms with E-state index in [-0.39, 0.29) is 16.0 Å². The Balaban J connectivity index is 2.30. The van der Waals surface area contributed by atoms with Gasteiger partial charge < -0.3 is 5.73 Å². The van der Waals surface area contributed by atoms with Gasteiger partial charge in [-0.2, -0.15) is 0 Å². The Morgan fingerprint density at radius 3 is 2.69 bits per heavy atom. The predicted molar refractivity (Wildman–Crippen MR) is 62.2 cm³/mol. The van der Waals surface area contributed by atoms with Gasteiger partial charge in [0.1, 0.15) is 0 Å². The molecular formula is C12H16N2O2. The highest BCUT2D eigenvalue weighted by Crippen LogP contribution is 2.63. The zero-order chi connectivity index (χ0) is 11.9. The molecule has 4 nitrogen and oxygen atoms in total. The summed E-state index contributed by atoms with van der Waals surface area (Å²) >= 11 is 0. The molecule has 0 bridgehead atoms. The molecule has 0 amide bonds. The van der Waals surface area contributed by atoms with E-state index in [2.05, 4.69) is 13.8 Å². The van der Waals surface area contributed by atoms with E-state index >= 15 is 0 Å². The normalized spacial score (nSPS) is 26.4. The van der Waals surface area contributed by atoms with Crippen molar-refractivity contribution in [3.05, 3.63) is 39.9 Å². The van der Waals surface area contributed by atoms with Gasteiger partial charge in [0.05, 0.1) is 4.92 Å². The third-order valence-electron chi connectivity index (χ3n) is 3.74. The number of rotatable bonds is 3. The summed E-state index contributed by atoms with van der Waals surface area (Å²) in [7, 11) is 0. The van der Waals surface area contributed by atoms with Crippen molar-refractivity contribution in [1.29, 1.82) is 0 Å². The van der Waals surface area contributed by atoms with E-state index in [0.717, 1.165) is 5.56 Å². The minimum atomic E-state index is -0.351. The van der Waals surface area contributed by atoms with Crippen LogP contribution in [0.25, 0.3) is 0 Å². The van der Waals surface area contributed by atoms with Crippen LogP contribution in [0, 0.1) is 21.4 Å². The highest BCUT2D eigenvalue weighted by Gasteiger charge is 2.57. The van der Waals surface area contributed by atoms with Gasteiger partial charge in [-0.05, 0) is 29.4 Å². The molecule has 1 aliphatic rings. The molecule has 1 aromatic rings. The molecule has 0 radical (unpaired) electrons. The second-order valence-electron chi connectivity index (χ2n) is 4.99. The van der Waals surface area contributed by atoms with Crippen LogP contribution >= 0.6 is 0 Å². The van der Waals surface area contributed by atoms with E-state index in [1.54, 1.807) is 12.1 Å². The molecule has 1 saturated carbocycles. The van der Waals surface area contributed by atoms with E-state index in [0.29, 0.717) is 18.4 Å². The molecule has 0 unspecified atom stereocenters. The fourth-order valence-corrected chi connectivity index (χ4v) is 2.68. The van der Waals surface area contributed by atoms with Gasteiger partial charge in [-0.1, -0.05) is 26.0 Å². The van der Waals surface area contributed by atoms with Crippen LogP contribution in [0.3, 0.4) is 0 Å². The van der Waals surface area contributed by atoms with Crippen molar-refractivity contribution >= 4 is 5.69 Å².